The van der Waals surface area contributed by atoms with E-state index in [9.17, 15) is 0 Å². The first kappa shape index (κ1) is 17.6. The maximum atomic E-state index is 7.22. The van der Waals surface area contributed by atoms with Gasteiger partial charge in [-0.05, 0) is 73.4 Å². The molecule has 0 saturated heterocycles. The molecule has 0 N–H and O–H groups in total. The van der Waals surface area contributed by atoms with Crippen LogP contribution in [0.5, 0.6) is 0 Å². The van der Waals surface area contributed by atoms with Crippen molar-refractivity contribution in [3.63, 3.8) is 0 Å². The Bertz CT molecular complexity index is 447. The topological polar surface area (TPSA) is 9.23 Å². The quantitative estimate of drug-likeness (QED) is 0.519. The molecule has 8 unspecified atom stereocenters. The molecule has 138 valence electrons. The monoisotopic (exact) mass is 348 g/mol. The summed E-state index contributed by atoms with van der Waals surface area (Å²) in [5.74, 6) is 5.67. The standard InChI is InChI=1S/C22H40OSi/c1-15-13-17-9-5-7-11-19(17)21(15)23-24(3,4)22-16(2)14-18-10-6-8-12-20(18)22/h15-22H,5-14H2,1-4H3. The Hall–Kier alpha value is 0.177. The fourth-order valence-corrected chi connectivity index (χ4v) is 12.1. The Labute approximate surface area is 151 Å². The Morgan fingerprint density at radius 1 is 0.708 bits per heavy atom. The molecule has 0 aromatic carbocycles. The smallest absolute Gasteiger partial charge is 0.190 e. The van der Waals surface area contributed by atoms with Crippen LogP contribution in [0.2, 0.25) is 18.6 Å². The van der Waals surface area contributed by atoms with Crippen molar-refractivity contribution in [1.82, 2.24) is 0 Å². The molecule has 4 rings (SSSR count). The molecule has 0 radical (unpaired) electrons. The average molecular weight is 349 g/mol. The predicted molar refractivity (Wildman–Crippen MR) is 105 cm³/mol. The van der Waals surface area contributed by atoms with Crippen LogP contribution in [0.3, 0.4) is 0 Å². The molecule has 8 atom stereocenters. The molecule has 0 aliphatic heterocycles. The van der Waals surface area contributed by atoms with Gasteiger partial charge in [-0.15, -0.1) is 0 Å². The molecule has 0 amide bonds. The Balaban J connectivity index is 1.50. The fraction of sp³-hybridized carbons (Fsp3) is 1.00. The summed E-state index contributed by atoms with van der Waals surface area (Å²) in [6.07, 6.45) is 15.4. The molecule has 24 heavy (non-hydrogen) atoms. The average Bonchev–Trinajstić information content (AvgIpc) is 3.04. The van der Waals surface area contributed by atoms with E-state index < -0.39 is 8.32 Å². The summed E-state index contributed by atoms with van der Waals surface area (Å²) >= 11 is 0. The van der Waals surface area contributed by atoms with Crippen molar-refractivity contribution in [2.45, 2.75) is 103 Å². The molecule has 0 bridgehead atoms. The third kappa shape index (κ3) is 3.04. The van der Waals surface area contributed by atoms with Crippen LogP contribution in [0.4, 0.5) is 0 Å². The number of hydrogen-bond acceptors (Lipinski definition) is 1. The Kier molecular flexibility index (Phi) is 4.93. The maximum absolute atomic E-state index is 7.22. The first-order valence-corrected chi connectivity index (χ1v) is 14.1. The number of hydrogen-bond donors (Lipinski definition) is 0. The summed E-state index contributed by atoms with van der Waals surface area (Å²) < 4.78 is 7.22. The first-order valence-electron chi connectivity index (χ1n) is 11.1. The van der Waals surface area contributed by atoms with Crippen molar-refractivity contribution in [2.24, 2.45) is 35.5 Å². The van der Waals surface area contributed by atoms with Crippen LogP contribution in [0.15, 0.2) is 0 Å². The van der Waals surface area contributed by atoms with Crippen LogP contribution in [0.1, 0.15) is 78.1 Å². The third-order valence-corrected chi connectivity index (χ3v) is 12.1. The maximum Gasteiger partial charge on any atom is 0.190 e. The second-order valence-corrected chi connectivity index (χ2v) is 14.7. The molecular formula is C22H40OSi. The van der Waals surface area contributed by atoms with Crippen LogP contribution in [0, 0.1) is 35.5 Å². The summed E-state index contributed by atoms with van der Waals surface area (Å²) in [6, 6.07) is 0. The zero-order valence-electron chi connectivity index (χ0n) is 16.6. The molecule has 2 heteroatoms. The highest BCUT2D eigenvalue weighted by Crippen LogP contribution is 2.57. The summed E-state index contributed by atoms with van der Waals surface area (Å²) in [6.45, 7) is 10.2. The van der Waals surface area contributed by atoms with E-state index in [4.69, 9.17) is 4.43 Å². The zero-order valence-corrected chi connectivity index (χ0v) is 17.6. The number of fused-ring (bicyclic) bond motifs is 2. The van der Waals surface area contributed by atoms with E-state index in [1.54, 1.807) is 0 Å². The van der Waals surface area contributed by atoms with Gasteiger partial charge in [-0.3, -0.25) is 0 Å². The van der Waals surface area contributed by atoms with E-state index in [0.717, 1.165) is 41.0 Å². The highest BCUT2D eigenvalue weighted by Gasteiger charge is 2.53. The predicted octanol–water partition coefficient (Wildman–Crippen LogP) is 6.64. The zero-order chi connectivity index (χ0) is 16.9. The summed E-state index contributed by atoms with van der Waals surface area (Å²) in [4.78, 5) is 0. The minimum absolute atomic E-state index is 0.604. The van der Waals surface area contributed by atoms with Gasteiger partial charge in [0.1, 0.15) is 0 Å². The van der Waals surface area contributed by atoms with Gasteiger partial charge in [0.25, 0.3) is 0 Å². The van der Waals surface area contributed by atoms with Crippen LogP contribution >= 0.6 is 0 Å². The lowest BCUT2D eigenvalue weighted by molar-refractivity contribution is 0.0815. The SMILES string of the molecule is CC1CC2CCCCC2C1O[Si](C)(C)C1C(C)CC2CCCCC21. The molecule has 4 saturated carbocycles. The van der Waals surface area contributed by atoms with Crippen molar-refractivity contribution in [3.8, 4) is 0 Å². The molecule has 4 fully saturated rings. The lowest BCUT2D eigenvalue weighted by Gasteiger charge is -2.43. The van der Waals surface area contributed by atoms with E-state index in [-0.39, 0.29) is 0 Å². The van der Waals surface area contributed by atoms with E-state index in [2.05, 4.69) is 26.9 Å². The second kappa shape index (κ2) is 6.72. The fourth-order valence-electron chi connectivity index (χ4n) is 7.88. The van der Waals surface area contributed by atoms with E-state index in [0.29, 0.717) is 6.10 Å². The van der Waals surface area contributed by atoms with Crippen molar-refractivity contribution in [2.75, 3.05) is 0 Å². The number of rotatable bonds is 3. The molecule has 1 nitrogen and oxygen atoms in total. The molecule has 4 aliphatic rings. The Morgan fingerprint density at radius 2 is 1.25 bits per heavy atom. The second-order valence-electron chi connectivity index (χ2n) is 10.6. The van der Waals surface area contributed by atoms with Crippen molar-refractivity contribution < 1.29 is 4.43 Å². The highest BCUT2D eigenvalue weighted by atomic mass is 28.4. The Morgan fingerprint density at radius 3 is 1.96 bits per heavy atom. The van der Waals surface area contributed by atoms with Gasteiger partial charge in [0.05, 0.1) is 6.10 Å². The van der Waals surface area contributed by atoms with Gasteiger partial charge in [0.15, 0.2) is 8.32 Å². The lowest BCUT2D eigenvalue weighted by Crippen LogP contribution is -2.47. The van der Waals surface area contributed by atoms with Crippen LogP contribution < -0.4 is 0 Å². The van der Waals surface area contributed by atoms with Gasteiger partial charge in [-0.25, -0.2) is 0 Å². The molecule has 0 aromatic rings. The van der Waals surface area contributed by atoms with Gasteiger partial charge < -0.3 is 4.43 Å². The summed E-state index contributed by atoms with van der Waals surface area (Å²) in [5, 5.41) is 0. The van der Waals surface area contributed by atoms with Crippen LogP contribution in [-0.2, 0) is 4.43 Å². The van der Waals surface area contributed by atoms with Crippen LogP contribution in [-0.4, -0.2) is 14.4 Å². The van der Waals surface area contributed by atoms with Gasteiger partial charge >= 0.3 is 0 Å². The van der Waals surface area contributed by atoms with Crippen molar-refractivity contribution >= 4 is 8.32 Å². The summed E-state index contributed by atoms with van der Waals surface area (Å²) in [5.41, 5.74) is 0.928. The van der Waals surface area contributed by atoms with Crippen molar-refractivity contribution in [1.29, 1.82) is 0 Å². The van der Waals surface area contributed by atoms with Gasteiger partial charge in [-0.1, -0.05) is 58.8 Å². The van der Waals surface area contributed by atoms with Gasteiger partial charge in [0, 0.05) is 0 Å². The molecule has 0 heterocycles. The van der Waals surface area contributed by atoms with Crippen LogP contribution in [0.25, 0.3) is 0 Å². The summed E-state index contributed by atoms with van der Waals surface area (Å²) in [7, 11) is -1.62. The normalized spacial score (nSPS) is 49.0. The largest absolute Gasteiger partial charge is 0.414 e. The first-order chi connectivity index (χ1) is 11.5. The minimum atomic E-state index is -1.62. The van der Waals surface area contributed by atoms with Gasteiger partial charge in [-0.2, -0.15) is 0 Å². The van der Waals surface area contributed by atoms with E-state index in [1.165, 1.54) is 64.2 Å². The minimum Gasteiger partial charge on any atom is -0.414 e. The molecule has 0 spiro atoms. The van der Waals surface area contributed by atoms with E-state index in [1.807, 2.05) is 0 Å². The third-order valence-electron chi connectivity index (χ3n) is 8.58. The molecular weight excluding hydrogens is 308 g/mol. The van der Waals surface area contributed by atoms with Gasteiger partial charge in [0.2, 0.25) is 0 Å². The van der Waals surface area contributed by atoms with Crippen molar-refractivity contribution in [3.05, 3.63) is 0 Å². The molecule has 0 aromatic heterocycles. The highest BCUT2D eigenvalue weighted by molar-refractivity contribution is 6.73. The van der Waals surface area contributed by atoms with E-state index >= 15 is 0 Å². The molecule has 4 aliphatic carbocycles. The lowest BCUT2D eigenvalue weighted by atomic mass is 9.81.